The molecule has 2 aromatic rings. The summed E-state index contributed by atoms with van der Waals surface area (Å²) in [5.41, 5.74) is 3.07. The fourth-order valence-corrected chi connectivity index (χ4v) is 5.52. The highest BCUT2D eigenvalue weighted by atomic mass is 19.4. The third-order valence-electron chi connectivity index (χ3n) is 7.35. The molecule has 5 rings (SSSR count). The molecule has 1 saturated heterocycles. The lowest BCUT2D eigenvalue weighted by Crippen LogP contribution is -2.41. The van der Waals surface area contributed by atoms with Crippen LogP contribution in [0.3, 0.4) is 0 Å². The molecule has 9 heteroatoms. The number of aliphatic imine (C=N–C) groups is 1. The Bertz CT molecular complexity index is 1190. The average molecular weight is 501 g/mol. The van der Waals surface area contributed by atoms with E-state index < -0.39 is 17.6 Å². The van der Waals surface area contributed by atoms with Gasteiger partial charge in [-0.3, -0.25) is 19.7 Å². The van der Waals surface area contributed by atoms with Gasteiger partial charge in [-0.2, -0.15) is 13.2 Å². The van der Waals surface area contributed by atoms with Crippen molar-refractivity contribution < 1.29 is 22.4 Å². The molecule has 0 N–H and O–H groups in total. The SMILES string of the molecule is O=C(C[C@@H]1CCCN(Cc2c(F)cccc2C(F)(F)F)C1)N1CCC2=C(C1)C(c1ccncc1)=NC2. The third kappa shape index (κ3) is 5.21. The Balaban J connectivity index is 1.22. The molecule has 5 nitrogen and oxygen atoms in total. The van der Waals surface area contributed by atoms with Crippen LogP contribution in [0.2, 0.25) is 0 Å². The summed E-state index contributed by atoms with van der Waals surface area (Å²) in [6.45, 7) is 2.79. The van der Waals surface area contributed by atoms with Crippen molar-refractivity contribution in [3.63, 3.8) is 0 Å². The molecular weight excluding hydrogens is 472 g/mol. The van der Waals surface area contributed by atoms with E-state index in [1.165, 1.54) is 5.57 Å². The lowest BCUT2D eigenvalue weighted by molar-refractivity contribution is -0.138. The van der Waals surface area contributed by atoms with E-state index in [0.29, 0.717) is 39.1 Å². The first-order chi connectivity index (χ1) is 17.3. The Morgan fingerprint density at radius 2 is 1.92 bits per heavy atom. The number of alkyl halides is 3. The monoisotopic (exact) mass is 500 g/mol. The minimum atomic E-state index is -4.61. The summed E-state index contributed by atoms with van der Waals surface area (Å²) < 4.78 is 54.6. The van der Waals surface area contributed by atoms with Gasteiger partial charge < -0.3 is 4.90 Å². The van der Waals surface area contributed by atoms with Gasteiger partial charge in [-0.15, -0.1) is 0 Å². The zero-order valence-electron chi connectivity index (χ0n) is 19.9. The molecule has 0 aliphatic carbocycles. The second kappa shape index (κ2) is 10.1. The molecule has 1 atom stereocenters. The van der Waals surface area contributed by atoms with Crippen LogP contribution in [0.1, 0.15) is 42.4 Å². The third-order valence-corrected chi connectivity index (χ3v) is 7.35. The van der Waals surface area contributed by atoms with Crippen LogP contribution in [-0.4, -0.2) is 59.1 Å². The van der Waals surface area contributed by atoms with Crippen molar-refractivity contribution in [2.45, 2.75) is 38.4 Å². The number of carbonyl (C=O) groups is 1. The largest absolute Gasteiger partial charge is 0.416 e. The van der Waals surface area contributed by atoms with Crippen LogP contribution in [-0.2, 0) is 17.5 Å². The molecule has 36 heavy (non-hydrogen) atoms. The predicted molar refractivity (Wildman–Crippen MR) is 128 cm³/mol. The van der Waals surface area contributed by atoms with Gasteiger partial charge in [-0.05, 0) is 67.1 Å². The van der Waals surface area contributed by atoms with E-state index in [2.05, 4.69) is 4.98 Å². The van der Waals surface area contributed by atoms with Gasteiger partial charge in [0.1, 0.15) is 5.82 Å². The summed E-state index contributed by atoms with van der Waals surface area (Å²) in [5, 5.41) is 0. The molecule has 0 unspecified atom stereocenters. The van der Waals surface area contributed by atoms with Crippen molar-refractivity contribution in [2.75, 3.05) is 32.7 Å². The Morgan fingerprint density at radius 3 is 2.69 bits per heavy atom. The summed E-state index contributed by atoms with van der Waals surface area (Å²) in [4.78, 5) is 25.7. The summed E-state index contributed by atoms with van der Waals surface area (Å²) in [7, 11) is 0. The normalized spacial score (nSPS) is 20.9. The van der Waals surface area contributed by atoms with Crippen LogP contribution in [0.15, 0.2) is 58.9 Å². The van der Waals surface area contributed by atoms with E-state index in [-0.39, 0.29) is 23.9 Å². The van der Waals surface area contributed by atoms with Crippen molar-refractivity contribution in [3.8, 4) is 0 Å². The number of nitrogens with zero attached hydrogens (tertiary/aromatic N) is 4. The minimum Gasteiger partial charge on any atom is -0.338 e. The molecule has 1 amide bonds. The van der Waals surface area contributed by atoms with Crippen LogP contribution < -0.4 is 0 Å². The maximum Gasteiger partial charge on any atom is 0.416 e. The van der Waals surface area contributed by atoms with Crippen molar-refractivity contribution in [1.29, 1.82) is 0 Å². The summed E-state index contributed by atoms with van der Waals surface area (Å²) >= 11 is 0. The van der Waals surface area contributed by atoms with E-state index in [1.54, 1.807) is 12.4 Å². The number of amides is 1. The van der Waals surface area contributed by atoms with Crippen LogP contribution >= 0.6 is 0 Å². The molecule has 3 aliphatic rings. The van der Waals surface area contributed by atoms with Crippen molar-refractivity contribution >= 4 is 11.6 Å². The number of aromatic nitrogens is 1. The number of benzene rings is 1. The van der Waals surface area contributed by atoms with Gasteiger partial charge in [0.05, 0.1) is 17.8 Å². The Morgan fingerprint density at radius 1 is 1.11 bits per heavy atom. The van der Waals surface area contributed by atoms with Crippen LogP contribution in [0.5, 0.6) is 0 Å². The number of hydrogen-bond acceptors (Lipinski definition) is 4. The first-order valence-electron chi connectivity index (χ1n) is 12.3. The molecule has 1 fully saturated rings. The van der Waals surface area contributed by atoms with Crippen molar-refractivity contribution in [1.82, 2.24) is 14.8 Å². The predicted octanol–water partition coefficient (Wildman–Crippen LogP) is 4.87. The minimum absolute atomic E-state index is 0.0275. The first kappa shape index (κ1) is 24.6. The number of piperidine rings is 1. The number of likely N-dealkylation sites (tertiary alicyclic amines) is 1. The smallest absolute Gasteiger partial charge is 0.338 e. The van der Waals surface area contributed by atoms with Crippen molar-refractivity contribution in [2.24, 2.45) is 10.9 Å². The zero-order valence-corrected chi connectivity index (χ0v) is 19.9. The second-order valence-electron chi connectivity index (χ2n) is 9.76. The average Bonchev–Trinajstić information content (AvgIpc) is 3.29. The van der Waals surface area contributed by atoms with Gasteiger partial charge in [-0.1, -0.05) is 6.07 Å². The maximum atomic E-state index is 14.3. The molecule has 190 valence electrons. The van der Waals surface area contributed by atoms with Crippen LogP contribution in [0.4, 0.5) is 17.6 Å². The van der Waals surface area contributed by atoms with Gasteiger partial charge >= 0.3 is 6.18 Å². The van der Waals surface area contributed by atoms with Gasteiger partial charge in [0.25, 0.3) is 0 Å². The molecule has 0 radical (unpaired) electrons. The molecule has 0 spiro atoms. The number of carbonyl (C=O) groups excluding carboxylic acids is 1. The Kier molecular flexibility index (Phi) is 6.92. The zero-order chi connectivity index (χ0) is 25.3. The van der Waals surface area contributed by atoms with E-state index in [9.17, 15) is 22.4 Å². The standard InChI is InChI=1S/C27H28F4N4O/c28-24-5-1-4-23(27(29,30)31)22(24)16-34-11-2-3-18(15-34)13-25(36)35-12-8-20-14-33-26(21(20)17-35)19-6-9-32-10-7-19/h1,4-7,9-10,18H,2-3,8,11-17H2/t18-/m0/s1. The molecule has 3 aliphatic heterocycles. The molecule has 4 heterocycles. The van der Waals surface area contributed by atoms with E-state index >= 15 is 0 Å². The van der Waals surface area contributed by atoms with Gasteiger partial charge in [-0.25, -0.2) is 4.39 Å². The number of halogens is 4. The number of rotatable bonds is 5. The molecular formula is C27H28F4N4O. The fourth-order valence-electron chi connectivity index (χ4n) is 5.52. The van der Waals surface area contributed by atoms with E-state index in [0.717, 1.165) is 54.3 Å². The molecule has 1 aromatic heterocycles. The quantitative estimate of drug-likeness (QED) is 0.551. The van der Waals surface area contributed by atoms with Gasteiger partial charge in [0, 0.05) is 56.1 Å². The van der Waals surface area contributed by atoms with Crippen LogP contribution in [0, 0.1) is 11.7 Å². The first-order valence-corrected chi connectivity index (χ1v) is 12.3. The number of hydrogen-bond donors (Lipinski definition) is 0. The lowest BCUT2D eigenvalue weighted by atomic mass is 9.92. The summed E-state index contributed by atoms with van der Waals surface area (Å²) in [6, 6.07) is 6.93. The molecule has 0 saturated carbocycles. The summed E-state index contributed by atoms with van der Waals surface area (Å²) in [6.07, 6.45) is 1.59. The second-order valence-corrected chi connectivity index (χ2v) is 9.76. The lowest BCUT2D eigenvalue weighted by Gasteiger charge is -2.35. The van der Waals surface area contributed by atoms with E-state index in [1.807, 2.05) is 21.9 Å². The highest BCUT2D eigenvalue weighted by molar-refractivity contribution is 6.15. The summed E-state index contributed by atoms with van der Waals surface area (Å²) in [5.74, 6) is -0.764. The Hall–Kier alpha value is -3.07. The number of pyridine rings is 1. The maximum absolute atomic E-state index is 14.3. The Labute approximate surface area is 207 Å². The van der Waals surface area contributed by atoms with Gasteiger partial charge in [0.15, 0.2) is 0 Å². The molecule has 1 aromatic carbocycles. The van der Waals surface area contributed by atoms with Crippen LogP contribution in [0.25, 0.3) is 0 Å². The topological polar surface area (TPSA) is 48.8 Å². The van der Waals surface area contributed by atoms with E-state index in [4.69, 9.17) is 4.99 Å². The molecule has 0 bridgehead atoms. The van der Waals surface area contributed by atoms with Gasteiger partial charge in [0.2, 0.25) is 5.91 Å². The highest BCUT2D eigenvalue weighted by Crippen LogP contribution is 2.35. The highest BCUT2D eigenvalue weighted by Gasteiger charge is 2.36. The van der Waals surface area contributed by atoms with Crippen molar-refractivity contribution in [3.05, 3.63) is 76.4 Å². The fraction of sp³-hybridized carbons (Fsp3) is 0.444.